The third-order valence-corrected chi connectivity index (χ3v) is 6.31. The summed E-state index contributed by atoms with van der Waals surface area (Å²) in [5, 5.41) is 12.3. The first kappa shape index (κ1) is 27.3. The van der Waals surface area contributed by atoms with E-state index in [1.807, 2.05) is 35.8 Å². The van der Waals surface area contributed by atoms with E-state index in [1.165, 1.54) is 31.0 Å². The maximum absolute atomic E-state index is 12.6. The molecule has 0 aliphatic rings. The van der Waals surface area contributed by atoms with Crippen LogP contribution in [-0.4, -0.2) is 46.6 Å². The highest BCUT2D eigenvalue weighted by Gasteiger charge is 2.22. The quantitative estimate of drug-likeness (QED) is 0.263. The van der Waals surface area contributed by atoms with Crippen molar-refractivity contribution >= 4 is 40.9 Å². The number of nitrogens with zero attached hydrogens (tertiary/aromatic N) is 3. The summed E-state index contributed by atoms with van der Waals surface area (Å²) in [6, 6.07) is 12.0. The molecule has 36 heavy (non-hydrogen) atoms. The molecule has 9 nitrogen and oxygen atoms in total. The van der Waals surface area contributed by atoms with Crippen LogP contribution in [0.2, 0.25) is 5.02 Å². The Morgan fingerprint density at radius 2 is 1.81 bits per heavy atom. The number of benzene rings is 2. The minimum atomic E-state index is -0.579. The number of rotatable bonds is 11. The van der Waals surface area contributed by atoms with Crippen molar-refractivity contribution in [2.24, 2.45) is 5.92 Å². The number of esters is 1. The number of aromatic nitrogens is 3. The molecule has 3 aromatic rings. The number of methoxy groups -OCH3 is 2. The van der Waals surface area contributed by atoms with Crippen molar-refractivity contribution in [1.29, 1.82) is 0 Å². The first-order chi connectivity index (χ1) is 17.2. The molecule has 0 bridgehead atoms. The van der Waals surface area contributed by atoms with Crippen LogP contribution in [0.1, 0.15) is 43.1 Å². The standard InChI is InChI=1S/C25H29ClN4O5S/c1-15(2)13-30-23(16(3)35-21-9-7-6-8-20(21)33-4)28-29-25(30)36-14-22(31)27-17-10-11-19(26)18(12-17)24(32)34-5/h6-12,15-16H,13-14H2,1-5H3,(H,27,31). The molecule has 1 heterocycles. The zero-order chi connectivity index (χ0) is 26.2. The predicted molar refractivity (Wildman–Crippen MR) is 139 cm³/mol. The van der Waals surface area contributed by atoms with Crippen molar-refractivity contribution in [3.05, 3.63) is 58.9 Å². The maximum atomic E-state index is 12.6. The lowest BCUT2D eigenvalue weighted by molar-refractivity contribution is -0.113. The molecule has 1 N–H and O–H groups in total. The van der Waals surface area contributed by atoms with Gasteiger partial charge in [0, 0.05) is 12.2 Å². The van der Waals surface area contributed by atoms with Crippen LogP contribution in [0.5, 0.6) is 11.5 Å². The summed E-state index contributed by atoms with van der Waals surface area (Å²) in [6.07, 6.45) is -0.401. The van der Waals surface area contributed by atoms with Gasteiger partial charge in [-0.3, -0.25) is 4.79 Å². The van der Waals surface area contributed by atoms with E-state index in [9.17, 15) is 9.59 Å². The zero-order valence-corrected chi connectivity index (χ0v) is 22.4. The number of amides is 1. The van der Waals surface area contributed by atoms with Crippen LogP contribution in [0.3, 0.4) is 0 Å². The number of carbonyl (C=O) groups is 2. The summed E-state index contributed by atoms with van der Waals surface area (Å²) in [4.78, 5) is 24.5. The highest BCUT2D eigenvalue weighted by atomic mass is 35.5. The summed E-state index contributed by atoms with van der Waals surface area (Å²) in [5.74, 6) is 1.45. The Bertz CT molecular complexity index is 1220. The van der Waals surface area contributed by atoms with E-state index in [2.05, 4.69) is 29.4 Å². The topological polar surface area (TPSA) is 105 Å². The van der Waals surface area contributed by atoms with Crippen LogP contribution in [-0.2, 0) is 16.1 Å². The molecule has 0 saturated heterocycles. The largest absolute Gasteiger partial charge is 0.493 e. The highest BCUT2D eigenvalue weighted by molar-refractivity contribution is 7.99. The normalized spacial score (nSPS) is 11.8. The lowest BCUT2D eigenvalue weighted by Gasteiger charge is -2.19. The average Bonchev–Trinajstić information content (AvgIpc) is 3.25. The lowest BCUT2D eigenvalue weighted by Crippen LogP contribution is -2.17. The van der Waals surface area contributed by atoms with Crippen molar-refractivity contribution in [1.82, 2.24) is 14.8 Å². The molecule has 3 rings (SSSR count). The van der Waals surface area contributed by atoms with E-state index < -0.39 is 12.1 Å². The van der Waals surface area contributed by atoms with Crippen LogP contribution >= 0.6 is 23.4 Å². The van der Waals surface area contributed by atoms with Gasteiger partial charge in [-0.05, 0) is 43.2 Å². The maximum Gasteiger partial charge on any atom is 0.339 e. The summed E-state index contributed by atoms with van der Waals surface area (Å²) in [7, 11) is 2.86. The summed E-state index contributed by atoms with van der Waals surface area (Å²) in [6.45, 7) is 6.74. The van der Waals surface area contributed by atoms with Gasteiger partial charge in [-0.15, -0.1) is 10.2 Å². The average molecular weight is 533 g/mol. The number of thioether (sulfide) groups is 1. The van der Waals surface area contributed by atoms with E-state index in [0.29, 0.717) is 40.6 Å². The monoisotopic (exact) mass is 532 g/mol. The number of ether oxygens (including phenoxy) is 3. The summed E-state index contributed by atoms with van der Waals surface area (Å²) < 4.78 is 18.2. The Balaban J connectivity index is 1.72. The molecule has 11 heteroatoms. The first-order valence-corrected chi connectivity index (χ1v) is 12.6. The smallest absolute Gasteiger partial charge is 0.339 e. The molecular formula is C25H29ClN4O5S. The molecule has 192 valence electrons. The SMILES string of the molecule is COC(=O)c1cc(NC(=O)CSc2nnc(C(C)Oc3ccccc3OC)n2CC(C)C)ccc1Cl. The van der Waals surface area contributed by atoms with Gasteiger partial charge in [0.2, 0.25) is 5.91 Å². The van der Waals surface area contributed by atoms with Crippen LogP contribution < -0.4 is 14.8 Å². The van der Waals surface area contributed by atoms with Gasteiger partial charge >= 0.3 is 5.97 Å². The van der Waals surface area contributed by atoms with Crippen LogP contribution in [0.25, 0.3) is 0 Å². The van der Waals surface area contributed by atoms with Gasteiger partial charge < -0.3 is 24.1 Å². The number of carbonyl (C=O) groups excluding carboxylic acids is 2. The van der Waals surface area contributed by atoms with Crippen molar-refractivity contribution in [2.45, 2.75) is 38.6 Å². The summed E-state index contributed by atoms with van der Waals surface area (Å²) >= 11 is 7.32. The molecule has 2 aromatic carbocycles. The molecule has 0 fully saturated rings. The first-order valence-electron chi connectivity index (χ1n) is 11.3. The third-order valence-electron chi connectivity index (χ3n) is 5.02. The third kappa shape index (κ3) is 6.92. The second-order valence-electron chi connectivity index (χ2n) is 8.28. The number of anilines is 1. The van der Waals surface area contributed by atoms with Gasteiger partial charge in [0.1, 0.15) is 0 Å². The van der Waals surface area contributed by atoms with Gasteiger partial charge in [0.25, 0.3) is 0 Å². The molecule has 0 radical (unpaired) electrons. The molecule has 0 spiro atoms. The molecule has 0 saturated carbocycles. The number of nitrogens with one attached hydrogen (secondary N) is 1. The summed E-state index contributed by atoms with van der Waals surface area (Å²) in [5.41, 5.74) is 0.614. The molecule has 1 unspecified atom stereocenters. The molecule has 1 atom stereocenters. The predicted octanol–water partition coefficient (Wildman–Crippen LogP) is 5.25. The lowest BCUT2D eigenvalue weighted by atomic mass is 10.2. The van der Waals surface area contributed by atoms with Crippen molar-refractivity contribution in [3.63, 3.8) is 0 Å². The molecule has 0 aliphatic carbocycles. The van der Waals surface area contributed by atoms with Crippen LogP contribution in [0, 0.1) is 5.92 Å². The van der Waals surface area contributed by atoms with Crippen LogP contribution in [0.4, 0.5) is 5.69 Å². The minimum Gasteiger partial charge on any atom is -0.493 e. The number of para-hydroxylation sites is 2. The fraction of sp³-hybridized carbons (Fsp3) is 0.360. The minimum absolute atomic E-state index is 0.0914. The fourth-order valence-electron chi connectivity index (χ4n) is 3.40. The fourth-order valence-corrected chi connectivity index (χ4v) is 4.35. The molecule has 1 amide bonds. The van der Waals surface area contributed by atoms with Gasteiger partial charge in [-0.2, -0.15) is 0 Å². The van der Waals surface area contributed by atoms with E-state index in [0.717, 1.165) is 0 Å². The van der Waals surface area contributed by atoms with Crippen molar-refractivity contribution < 1.29 is 23.8 Å². The second-order valence-corrected chi connectivity index (χ2v) is 9.63. The Hall–Kier alpha value is -3.24. The molecule has 0 aliphatic heterocycles. The van der Waals surface area contributed by atoms with Crippen LogP contribution in [0.15, 0.2) is 47.6 Å². The molecular weight excluding hydrogens is 504 g/mol. The Morgan fingerprint density at radius 3 is 2.47 bits per heavy atom. The number of hydrogen-bond donors (Lipinski definition) is 1. The Morgan fingerprint density at radius 1 is 1.08 bits per heavy atom. The zero-order valence-electron chi connectivity index (χ0n) is 20.8. The van der Waals surface area contributed by atoms with Gasteiger partial charge in [0.15, 0.2) is 28.6 Å². The number of hydrogen-bond acceptors (Lipinski definition) is 8. The van der Waals surface area contributed by atoms with Crippen molar-refractivity contribution in [3.8, 4) is 11.5 Å². The van der Waals surface area contributed by atoms with E-state index in [1.54, 1.807) is 13.2 Å². The Labute approximate surface area is 219 Å². The van der Waals surface area contributed by atoms with Gasteiger partial charge in [-0.25, -0.2) is 4.79 Å². The van der Waals surface area contributed by atoms with Gasteiger partial charge in [-0.1, -0.05) is 49.3 Å². The van der Waals surface area contributed by atoms with E-state index >= 15 is 0 Å². The molecule has 1 aromatic heterocycles. The second kappa shape index (κ2) is 12.6. The Kier molecular flexibility index (Phi) is 9.60. The van der Waals surface area contributed by atoms with Gasteiger partial charge in [0.05, 0.1) is 30.6 Å². The number of halogens is 1. The highest BCUT2D eigenvalue weighted by Crippen LogP contribution is 2.31. The van der Waals surface area contributed by atoms with E-state index in [4.69, 9.17) is 25.8 Å². The van der Waals surface area contributed by atoms with E-state index in [-0.39, 0.29) is 22.2 Å². The van der Waals surface area contributed by atoms with Crippen molar-refractivity contribution in [2.75, 3.05) is 25.3 Å².